The number of nitrogens with zero attached hydrogens (tertiary/aromatic N) is 3. The van der Waals surface area contributed by atoms with Crippen molar-refractivity contribution in [3.05, 3.63) is 30.3 Å². The van der Waals surface area contributed by atoms with Crippen LogP contribution < -0.4 is 5.32 Å². The molecule has 1 aliphatic heterocycles. The summed E-state index contributed by atoms with van der Waals surface area (Å²) in [5.74, 6) is 1.06. The van der Waals surface area contributed by atoms with Gasteiger partial charge in [-0.25, -0.2) is 0 Å². The Morgan fingerprint density at radius 2 is 2.23 bits per heavy atom. The number of benzene rings is 1. The van der Waals surface area contributed by atoms with E-state index >= 15 is 0 Å². The standard InChI is InChI=1S/C18H24N4O3S/c1-24-11-9-22-17(14-6-3-2-4-7-14)20-21-18(22)26-13-16(23)19-12-15-8-5-10-25-15/h2-4,6-7,15H,5,8-13H2,1H3,(H,19,23)/t15-/m1/s1. The summed E-state index contributed by atoms with van der Waals surface area (Å²) in [4.78, 5) is 12.1. The first-order valence-electron chi connectivity index (χ1n) is 8.76. The molecule has 0 spiro atoms. The summed E-state index contributed by atoms with van der Waals surface area (Å²) < 4.78 is 12.7. The van der Waals surface area contributed by atoms with Crippen LogP contribution in [0.5, 0.6) is 0 Å². The van der Waals surface area contributed by atoms with Gasteiger partial charge in [0.25, 0.3) is 0 Å². The molecule has 2 heterocycles. The summed E-state index contributed by atoms with van der Waals surface area (Å²) in [5.41, 5.74) is 0.991. The zero-order valence-electron chi connectivity index (χ0n) is 14.9. The molecule has 0 radical (unpaired) electrons. The molecule has 0 aliphatic carbocycles. The van der Waals surface area contributed by atoms with Crippen molar-refractivity contribution in [3.8, 4) is 11.4 Å². The molecule has 8 heteroatoms. The van der Waals surface area contributed by atoms with E-state index in [-0.39, 0.29) is 12.0 Å². The lowest BCUT2D eigenvalue weighted by molar-refractivity contribution is -0.119. The van der Waals surface area contributed by atoms with Crippen LogP contribution in [0.2, 0.25) is 0 Å². The Balaban J connectivity index is 1.61. The van der Waals surface area contributed by atoms with Gasteiger partial charge in [-0.3, -0.25) is 9.36 Å². The minimum atomic E-state index is -0.0203. The number of methoxy groups -OCH3 is 1. The first-order valence-corrected chi connectivity index (χ1v) is 9.75. The van der Waals surface area contributed by atoms with Gasteiger partial charge in [0.1, 0.15) is 0 Å². The molecule has 1 aromatic carbocycles. The summed E-state index contributed by atoms with van der Waals surface area (Å²) in [6.45, 7) is 2.55. The number of amides is 1. The fourth-order valence-corrected chi connectivity index (χ4v) is 3.59. The summed E-state index contributed by atoms with van der Waals surface area (Å²) in [6.07, 6.45) is 2.23. The highest BCUT2D eigenvalue weighted by Crippen LogP contribution is 2.23. The van der Waals surface area contributed by atoms with Crippen LogP contribution in [0.25, 0.3) is 11.4 Å². The van der Waals surface area contributed by atoms with Crippen LogP contribution in [0.1, 0.15) is 12.8 Å². The molecule has 1 aromatic heterocycles. The number of rotatable bonds is 9. The number of hydrogen-bond acceptors (Lipinski definition) is 6. The predicted octanol–water partition coefficient (Wildman–Crippen LogP) is 1.98. The molecule has 1 amide bonds. The van der Waals surface area contributed by atoms with Gasteiger partial charge in [-0.05, 0) is 12.8 Å². The van der Waals surface area contributed by atoms with Crippen molar-refractivity contribution in [2.75, 3.05) is 32.6 Å². The molecule has 0 bridgehead atoms. The van der Waals surface area contributed by atoms with Crippen molar-refractivity contribution in [2.45, 2.75) is 30.6 Å². The third kappa shape index (κ3) is 5.06. The minimum absolute atomic E-state index is 0.0203. The Bertz CT molecular complexity index is 702. The van der Waals surface area contributed by atoms with Gasteiger partial charge in [-0.2, -0.15) is 0 Å². The summed E-state index contributed by atoms with van der Waals surface area (Å²) in [5, 5.41) is 12.2. The molecule has 1 N–H and O–H groups in total. The minimum Gasteiger partial charge on any atom is -0.383 e. The fraction of sp³-hybridized carbons (Fsp3) is 0.500. The van der Waals surface area contributed by atoms with E-state index in [1.54, 1.807) is 7.11 Å². The normalized spacial score (nSPS) is 16.7. The van der Waals surface area contributed by atoms with Gasteiger partial charge >= 0.3 is 0 Å². The molecule has 3 rings (SSSR count). The van der Waals surface area contributed by atoms with Crippen LogP contribution in [0.3, 0.4) is 0 Å². The lowest BCUT2D eigenvalue weighted by Gasteiger charge is -2.11. The number of carbonyl (C=O) groups is 1. The Morgan fingerprint density at radius 3 is 2.96 bits per heavy atom. The monoisotopic (exact) mass is 376 g/mol. The Hall–Kier alpha value is -1.90. The third-order valence-corrected chi connectivity index (χ3v) is 5.12. The second-order valence-electron chi connectivity index (χ2n) is 6.04. The second-order valence-corrected chi connectivity index (χ2v) is 6.99. The summed E-state index contributed by atoms with van der Waals surface area (Å²) in [7, 11) is 1.66. The maximum absolute atomic E-state index is 12.1. The van der Waals surface area contributed by atoms with Gasteiger partial charge < -0.3 is 14.8 Å². The number of thioether (sulfide) groups is 1. The predicted molar refractivity (Wildman–Crippen MR) is 100 cm³/mol. The first kappa shape index (κ1) is 18.9. The van der Waals surface area contributed by atoms with E-state index in [1.807, 2.05) is 34.9 Å². The third-order valence-electron chi connectivity index (χ3n) is 4.15. The lowest BCUT2D eigenvalue weighted by atomic mass is 10.2. The van der Waals surface area contributed by atoms with Crippen molar-refractivity contribution in [1.82, 2.24) is 20.1 Å². The number of hydrogen-bond donors (Lipinski definition) is 1. The highest BCUT2D eigenvalue weighted by atomic mass is 32.2. The van der Waals surface area contributed by atoms with E-state index in [4.69, 9.17) is 9.47 Å². The molecule has 1 atom stereocenters. The van der Waals surface area contributed by atoms with Gasteiger partial charge in [0.05, 0.1) is 25.0 Å². The van der Waals surface area contributed by atoms with Crippen LogP contribution in [0.4, 0.5) is 0 Å². The van der Waals surface area contributed by atoms with Gasteiger partial charge in [0, 0.05) is 25.8 Å². The molecule has 7 nitrogen and oxygen atoms in total. The molecular formula is C18H24N4O3S. The SMILES string of the molecule is COCCn1c(SCC(=O)NC[C@H]2CCCO2)nnc1-c1ccccc1. The lowest BCUT2D eigenvalue weighted by Crippen LogP contribution is -2.33. The number of ether oxygens (including phenoxy) is 2. The molecule has 140 valence electrons. The van der Waals surface area contributed by atoms with Crippen LogP contribution in [0.15, 0.2) is 35.5 Å². The zero-order chi connectivity index (χ0) is 18.2. The van der Waals surface area contributed by atoms with Crippen LogP contribution in [0, 0.1) is 0 Å². The van der Waals surface area contributed by atoms with Gasteiger partial charge in [-0.15, -0.1) is 10.2 Å². The summed E-state index contributed by atoms with van der Waals surface area (Å²) in [6, 6.07) is 9.89. The quantitative estimate of drug-likeness (QED) is 0.674. The Morgan fingerprint density at radius 1 is 1.38 bits per heavy atom. The molecule has 2 aromatic rings. The van der Waals surface area contributed by atoms with Crippen LogP contribution in [-0.2, 0) is 20.8 Å². The molecule has 0 saturated carbocycles. The average Bonchev–Trinajstić information content (AvgIpc) is 3.33. The number of carbonyl (C=O) groups excluding carboxylic acids is 1. The molecule has 0 unspecified atom stereocenters. The molecule has 26 heavy (non-hydrogen) atoms. The topological polar surface area (TPSA) is 78.3 Å². The highest BCUT2D eigenvalue weighted by Gasteiger charge is 2.18. The van der Waals surface area contributed by atoms with E-state index in [1.165, 1.54) is 11.8 Å². The van der Waals surface area contributed by atoms with Gasteiger partial charge in [0.15, 0.2) is 11.0 Å². The van der Waals surface area contributed by atoms with Crippen LogP contribution >= 0.6 is 11.8 Å². The first-order chi connectivity index (χ1) is 12.8. The zero-order valence-corrected chi connectivity index (χ0v) is 15.7. The second kappa shape index (κ2) is 9.70. The fourth-order valence-electron chi connectivity index (χ4n) is 2.79. The Kier molecular flexibility index (Phi) is 7.04. The molecule has 1 aliphatic rings. The largest absolute Gasteiger partial charge is 0.383 e. The number of aromatic nitrogens is 3. The smallest absolute Gasteiger partial charge is 0.230 e. The maximum Gasteiger partial charge on any atom is 0.230 e. The van der Waals surface area contributed by atoms with E-state index in [2.05, 4.69) is 15.5 Å². The van der Waals surface area contributed by atoms with Gasteiger partial charge in [0.2, 0.25) is 5.91 Å². The van der Waals surface area contributed by atoms with E-state index < -0.39 is 0 Å². The average molecular weight is 376 g/mol. The molecule has 1 saturated heterocycles. The van der Waals surface area contributed by atoms with E-state index in [0.717, 1.165) is 30.8 Å². The van der Waals surface area contributed by atoms with Crippen molar-refractivity contribution in [2.24, 2.45) is 0 Å². The van der Waals surface area contributed by atoms with Crippen molar-refractivity contribution in [3.63, 3.8) is 0 Å². The molecular weight excluding hydrogens is 352 g/mol. The summed E-state index contributed by atoms with van der Waals surface area (Å²) >= 11 is 1.38. The van der Waals surface area contributed by atoms with Crippen molar-refractivity contribution < 1.29 is 14.3 Å². The Labute approximate surface area is 157 Å². The number of nitrogens with one attached hydrogen (secondary N) is 1. The van der Waals surface area contributed by atoms with Crippen molar-refractivity contribution in [1.29, 1.82) is 0 Å². The van der Waals surface area contributed by atoms with E-state index in [0.29, 0.717) is 30.6 Å². The maximum atomic E-state index is 12.1. The highest BCUT2D eigenvalue weighted by molar-refractivity contribution is 7.99. The van der Waals surface area contributed by atoms with Crippen LogP contribution in [-0.4, -0.2) is 59.4 Å². The molecule has 1 fully saturated rings. The van der Waals surface area contributed by atoms with Gasteiger partial charge in [-0.1, -0.05) is 42.1 Å². The van der Waals surface area contributed by atoms with Crippen molar-refractivity contribution >= 4 is 17.7 Å². The van der Waals surface area contributed by atoms with E-state index in [9.17, 15) is 4.79 Å².